The Balaban J connectivity index is 3.08. The number of aliphatic hydroxyl groups is 1. The maximum atomic E-state index is 10.1. The van der Waals surface area contributed by atoms with Crippen molar-refractivity contribution in [2.45, 2.75) is 83.7 Å². The van der Waals surface area contributed by atoms with E-state index in [4.69, 9.17) is 0 Å². The molecule has 1 unspecified atom stereocenters. The van der Waals surface area contributed by atoms with Crippen molar-refractivity contribution in [2.24, 2.45) is 0 Å². The third-order valence-corrected chi connectivity index (χ3v) is 3.00. The van der Waals surface area contributed by atoms with Crippen molar-refractivity contribution in [1.82, 2.24) is 0 Å². The van der Waals surface area contributed by atoms with Crippen LogP contribution < -0.4 is 0 Å². The molecule has 96 valence electrons. The Morgan fingerprint density at radius 2 is 1.50 bits per heavy atom. The summed E-state index contributed by atoms with van der Waals surface area (Å²) >= 11 is 0. The average molecular weight is 228 g/mol. The second-order valence-corrected chi connectivity index (χ2v) is 4.66. The van der Waals surface area contributed by atoms with Crippen LogP contribution >= 0.6 is 0 Å². The molecule has 0 aromatic rings. The van der Waals surface area contributed by atoms with Gasteiger partial charge >= 0.3 is 0 Å². The number of hydrogen-bond acceptors (Lipinski definition) is 2. The fraction of sp³-hybridized carbons (Fsp3) is 0.929. The number of carbonyl (C=O) groups excluding carboxylic acids is 1. The number of carbonyl (C=O) groups is 1. The molecule has 1 N–H and O–H groups in total. The molecule has 2 heteroatoms. The summed E-state index contributed by atoms with van der Waals surface area (Å²) in [6.07, 6.45) is 12.9. The predicted octanol–water partition coefficient (Wildman–Crippen LogP) is 3.86. The van der Waals surface area contributed by atoms with Crippen LogP contribution in [0.3, 0.4) is 0 Å². The summed E-state index contributed by atoms with van der Waals surface area (Å²) in [4.78, 5) is 10.1. The zero-order valence-corrected chi connectivity index (χ0v) is 10.8. The molecule has 0 aromatic carbocycles. The van der Waals surface area contributed by atoms with E-state index in [0.29, 0.717) is 6.42 Å². The van der Waals surface area contributed by atoms with Crippen molar-refractivity contribution >= 4 is 6.29 Å². The van der Waals surface area contributed by atoms with Crippen molar-refractivity contribution in [3.05, 3.63) is 0 Å². The molecule has 0 fully saturated rings. The van der Waals surface area contributed by atoms with Gasteiger partial charge in [0, 0.05) is 6.42 Å². The van der Waals surface area contributed by atoms with E-state index in [0.717, 1.165) is 32.0 Å². The molecule has 0 aromatic heterocycles. The van der Waals surface area contributed by atoms with Crippen LogP contribution in [-0.2, 0) is 4.79 Å². The van der Waals surface area contributed by atoms with Gasteiger partial charge in [-0.1, -0.05) is 51.9 Å². The summed E-state index contributed by atoms with van der Waals surface area (Å²) in [5.74, 6) is 0. The maximum Gasteiger partial charge on any atom is 0.119 e. The molecule has 0 saturated heterocycles. The number of unbranched alkanes of at least 4 members (excludes halogenated alkanes) is 7. The van der Waals surface area contributed by atoms with Crippen molar-refractivity contribution in [2.75, 3.05) is 0 Å². The van der Waals surface area contributed by atoms with Crippen molar-refractivity contribution in [3.8, 4) is 0 Å². The minimum atomic E-state index is -0.185. The summed E-state index contributed by atoms with van der Waals surface area (Å²) in [6.45, 7) is 2.23. The van der Waals surface area contributed by atoms with Gasteiger partial charge < -0.3 is 9.90 Å². The van der Waals surface area contributed by atoms with Crippen molar-refractivity contribution in [3.63, 3.8) is 0 Å². The first-order valence-corrected chi connectivity index (χ1v) is 6.93. The van der Waals surface area contributed by atoms with Gasteiger partial charge in [-0.2, -0.15) is 0 Å². The lowest BCUT2D eigenvalue weighted by atomic mass is 10.0. The SMILES string of the molecule is CCCCCCCCCC(O)CCCC=O. The molecule has 1 atom stereocenters. The molecule has 16 heavy (non-hydrogen) atoms. The van der Waals surface area contributed by atoms with Gasteiger partial charge in [-0.05, 0) is 19.3 Å². The van der Waals surface area contributed by atoms with Crippen LogP contribution in [-0.4, -0.2) is 17.5 Å². The van der Waals surface area contributed by atoms with E-state index >= 15 is 0 Å². The van der Waals surface area contributed by atoms with Crippen LogP contribution in [0.2, 0.25) is 0 Å². The van der Waals surface area contributed by atoms with Crippen LogP contribution in [0.1, 0.15) is 77.6 Å². The lowest BCUT2D eigenvalue weighted by Gasteiger charge is -2.08. The molecule has 0 heterocycles. The highest BCUT2D eigenvalue weighted by molar-refractivity contribution is 5.48. The molecule has 0 rings (SSSR count). The fourth-order valence-electron chi connectivity index (χ4n) is 1.92. The first-order chi connectivity index (χ1) is 7.81. The quantitative estimate of drug-likeness (QED) is 0.407. The number of rotatable bonds is 12. The van der Waals surface area contributed by atoms with E-state index < -0.39 is 0 Å². The molecular formula is C14H28O2. The third kappa shape index (κ3) is 11.7. The first-order valence-electron chi connectivity index (χ1n) is 6.93. The predicted molar refractivity (Wildman–Crippen MR) is 68.5 cm³/mol. The second-order valence-electron chi connectivity index (χ2n) is 4.66. The average Bonchev–Trinajstić information content (AvgIpc) is 2.28. The second kappa shape index (κ2) is 12.7. The zero-order valence-electron chi connectivity index (χ0n) is 10.8. The van der Waals surface area contributed by atoms with Gasteiger partial charge in [0.1, 0.15) is 6.29 Å². The molecule has 0 aliphatic carbocycles. The number of aldehydes is 1. The normalized spacial score (nSPS) is 12.6. The van der Waals surface area contributed by atoms with E-state index in [2.05, 4.69) is 6.92 Å². The Morgan fingerprint density at radius 3 is 2.12 bits per heavy atom. The Hall–Kier alpha value is -0.370. The highest BCUT2D eigenvalue weighted by atomic mass is 16.3. The minimum Gasteiger partial charge on any atom is -0.393 e. The maximum absolute atomic E-state index is 10.1. The molecule has 2 nitrogen and oxygen atoms in total. The van der Waals surface area contributed by atoms with Crippen molar-refractivity contribution in [1.29, 1.82) is 0 Å². The van der Waals surface area contributed by atoms with Gasteiger partial charge in [0.05, 0.1) is 6.10 Å². The van der Waals surface area contributed by atoms with E-state index in [9.17, 15) is 9.90 Å². The van der Waals surface area contributed by atoms with E-state index in [1.165, 1.54) is 38.5 Å². The van der Waals surface area contributed by atoms with Gasteiger partial charge in [-0.3, -0.25) is 0 Å². The van der Waals surface area contributed by atoms with E-state index in [-0.39, 0.29) is 6.10 Å². The molecule has 0 amide bonds. The monoisotopic (exact) mass is 228 g/mol. The van der Waals surface area contributed by atoms with Crippen molar-refractivity contribution < 1.29 is 9.90 Å². The van der Waals surface area contributed by atoms with Gasteiger partial charge in [0.2, 0.25) is 0 Å². The van der Waals surface area contributed by atoms with Crippen LogP contribution in [0.25, 0.3) is 0 Å². The lowest BCUT2D eigenvalue weighted by molar-refractivity contribution is -0.108. The highest BCUT2D eigenvalue weighted by Crippen LogP contribution is 2.12. The Bertz CT molecular complexity index is 146. The summed E-state index contributed by atoms with van der Waals surface area (Å²) in [5, 5.41) is 9.60. The number of aliphatic hydroxyl groups excluding tert-OH is 1. The number of hydrogen-bond donors (Lipinski definition) is 1. The molecule has 0 saturated carbocycles. The molecule has 0 bridgehead atoms. The zero-order chi connectivity index (χ0) is 12.1. The molecule has 0 aliphatic heterocycles. The highest BCUT2D eigenvalue weighted by Gasteiger charge is 2.02. The minimum absolute atomic E-state index is 0.185. The van der Waals surface area contributed by atoms with Crippen LogP contribution in [0.15, 0.2) is 0 Å². The van der Waals surface area contributed by atoms with E-state index in [1.807, 2.05) is 0 Å². The van der Waals surface area contributed by atoms with Crippen LogP contribution in [0.5, 0.6) is 0 Å². The standard InChI is InChI=1S/C14H28O2/c1-2-3-4-5-6-7-8-11-14(16)12-9-10-13-15/h13-14,16H,2-12H2,1H3. The molecular weight excluding hydrogens is 200 g/mol. The Labute approximate surface area is 100 Å². The summed E-state index contributed by atoms with van der Waals surface area (Å²) in [5.41, 5.74) is 0. The molecule has 0 radical (unpaired) electrons. The van der Waals surface area contributed by atoms with E-state index in [1.54, 1.807) is 0 Å². The molecule has 0 spiro atoms. The fourth-order valence-corrected chi connectivity index (χ4v) is 1.92. The Kier molecular flexibility index (Phi) is 12.4. The van der Waals surface area contributed by atoms with Gasteiger partial charge in [0.15, 0.2) is 0 Å². The van der Waals surface area contributed by atoms with Gasteiger partial charge in [-0.25, -0.2) is 0 Å². The largest absolute Gasteiger partial charge is 0.393 e. The van der Waals surface area contributed by atoms with Gasteiger partial charge in [-0.15, -0.1) is 0 Å². The van der Waals surface area contributed by atoms with Crippen LogP contribution in [0, 0.1) is 0 Å². The van der Waals surface area contributed by atoms with Gasteiger partial charge in [0.25, 0.3) is 0 Å². The molecule has 0 aliphatic rings. The lowest BCUT2D eigenvalue weighted by Crippen LogP contribution is -2.05. The topological polar surface area (TPSA) is 37.3 Å². The summed E-state index contributed by atoms with van der Waals surface area (Å²) < 4.78 is 0. The third-order valence-electron chi connectivity index (χ3n) is 3.00. The smallest absolute Gasteiger partial charge is 0.119 e. The first kappa shape index (κ1) is 15.6. The summed E-state index contributed by atoms with van der Waals surface area (Å²) in [6, 6.07) is 0. The Morgan fingerprint density at radius 1 is 0.938 bits per heavy atom. The van der Waals surface area contributed by atoms with Crippen LogP contribution in [0.4, 0.5) is 0 Å². The summed E-state index contributed by atoms with van der Waals surface area (Å²) in [7, 11) is 0.